The van der Waals surface area contributed by atoms with Crippen molar-refractivity contribution in [3.63, 3.8) is 0 Å². The molecule has 1 saturated heterocycles. The zero-order valence-corrected chi connectivity index (χ0v) is 16.1. The highest BCUT2D eigenvalue weighted by molar-refractivity contribution is 5.99. The van der Waals surface area contributed by atoms with Gasteiger partial charge in [0.15, 0.2) is 5.78 Å². The standard InChI is InChI=1S/C20H32N2O3/c1-14-11-17(16(3)22(14)15(2)13-24-4)19(23)12-21-9-10-25-20-8-6-5-7-18(20)21/h11,15,18,20H,5-10,12-13H2,1-4H3/t15-,18+,20-/m0/s1. The summed E-state index contributed by atoms with van der Waals surface area (Å²) in [6, 6.07) is 2.70. The number of carbonyl (C=O) groups excluding carboxylic acids is 1. The van der Waals surface area contributed by atoms with Gasteiger partial charge in [-0.25, -0.2) is 0 Å². The molecule has 1 saturated carbocycles. The summed E-state index contributed by atoms with van der Waals surface area (Å²) in [7, 11) is 1.72. The Morgan fingerprint density at radius 1 is 1.36 bits per heavy atom. The average Bonchev–Trinajstić information content (AvgIpc) is 2.90. The summed E-state index contributed by atoms with van der Waals surface area (Å²) in [6.07, 6.45) is 5.12. The molecule has 3 atom stereocenters. The number of nitrogens with zero attached hydrogens (tertiary/aromatic N) is 2. The number of methoxy groups -OCH3 is 1. The number of carbonyl (C=O) groups is 1. The molecule has 2 heterocycles. The molecule has 1 aromatic rings. The highest BCUT2D eigenvalue weighted by Crippen LogP contribution is 2.29. The molecule has 1 aromatic heterocycles. The second kappa shape index (κ2) is 8.02. The van der Waals surface area contributed by atoms with E-state index < -0.39 is 0 Å². The maximum absolute atomic E-state index is 13.0. The Kier molecular flexibility index (Phi) is 5.97. The molecule has 0 unspecified atom stereocenters. The molecule has 0 amide bonds. The van der Waals surface area contributed by atoms with E-state index in [0.717, 1.165) is 42.9 Å². The highest BCUT2D eigenvalue weighted by atomic mass is 16.5. The molecule has 140 valence electrons. The molecule has 1 aliphatic carbocycles. The first kappa shape index (κ1) is 18.6. The van der Waals surface area contributed by atoms with Crippen LogP contribution < -0.4 is 0 Å². The lowest BCUT2D eigenvalue weighted by Gasteiger charge is -2.43. The number of fused-ring (bicyclic) bond motifs is 1. The summed E-state index contributed by atoms with van der Waals surface area (Å²) in [5.74, 6) is 0.232. The van der Waals surface area contributed by atoms with Gasteiger partial charge in [-0.05, 0) is 39.7 Å². The number of hydrogen-bond donors (Lipinski definition) is 0. The van der Waals surface area contributed by atoms with E-state index >= 15 is 0 Å². The molecule has 0 bridgehead atoms. The second-order valence-electron chi connectivity index (χ2n) is 7.61. The van der Waals surface area contributed by atoms with Crippen molar-refractivity contribution in [3.05, 3.63) is 23.0 Å². The minimum absolute atomic E-state index is 0.232. The SMILES string of the molecule is COC[C@H](C)n1c(C)cc(C(=O)CN2CCO[C@H]3CCCC[C@H]32)c1C. The van der Waals surface area contributed by atoms with E-state index in [9.17, 15) is 4.79 Å². The van der Waals surface area contributed by atoms with Crippen LogP contribution >= 0.6 is 0 Å². The predicted molar refractivity (Wildman–Crippen MR) is 98.4 cm³/mol. The molecule has 5 heteroatoms. The highest BCUT2D eigenvalue weighted by Gasteiger charge is 2.35. The van der Waals surface area contributed by atoms with E-state index in [1.807, 2.05) is 6.07 Å². The normalized spacial score (nSPS) is 25.6. The van der Waals surface area contributed by atoms with E-state index in [0.29, 0.717) is 25.3 Å². The van der Waals surface area contributed by atoms with Crippen LogP contribution in [0.25, 0.3) is 0 Å². The molecule has 1 aliphatic heterocycles. The van der Waals surface area contributed by atoms with E-state index in [1.165, 1.54) is 12.8 Å². The van der Waals surface area contributed by atoms with Gasteiger partial charge in [0.1, 0.15) is 0 Å². The third-order valence-electron chi connectivity index (χ3n) is 5.83. The summed E-state index contributed by atoms with van der Waals surface area (Å²) in [4.78, 5) is 15.4. The topological polar surface area (TPSA) is 43.7 Å². The summed E-state index contributed by atoms with van der Waals surface area (Å²) < 4.78 is 13.4. The fraction of sp³-hybridized carbons (Fsp3) is 0.750. The van der Waals surface area contributed by atoms with Crippen molar-refractivity contribution in [2.75, 3.05) is 33.4 Å². The minimum Gasteiger partial charge on any atom is -0.383 e. The van der Waals surface area contributed by atoms with Crippen LogP contribution in [0.3, 0.4) is 0 Å². The quantitative estimate of drug-likeness (QED) is 0.741. The predicted octanol–water partition coefficient (Wildman–Crippen LogP) is 3.14. The zero-order valence-electron chi connectivity index (χ0n) is 16.1. The van der Waals surface area contributed by atoms with Gasteiger partial charge in [-0.2, -0.15) is 0 Å². The molecule has 0 aromatic carbocycles. The molecule has 2 fully saturated rings. The average molecular weight is 348 g/mol. The number of ether oxygens (including phenoxy) is 2. The van der Waals surface area contributed by atoms with Gasteiger partial charge in [-0.1, -0.05) is 12.8 Å². The number of aromatic nitrogens is 1. The van der Waals surface area contributed by atoms with Gasteiger partial charge in [-0.15, -0.1) is 0 Å². The molecule has 0 N–H and O–H groups in total. The lowest BCUT2D eigenvalue weighted by atomic mass is 9.90. The number of rotatable bonds is 6. The van der Waals surface area contributed by atoms with Crippen molar-refractivity contribution in [2.24, 2.45) is 0 Å². The summed E-state index contributed by atoms with van der Waals surface area (Å²) >= 11 is 0. The Balaban J connectivity index is 1.74. The third kappa shape index (κ3) is 3.83. The van der Waals surface area contributed by atoms with Gasteiger partial charge in [0.2, 0.25) is 0 Å². The third-order valence-corrected chi connectivity index (χ3v) is 5.83. The molecule has 2 aliphatic rings. The van der Waals surface area contributed by atoms with E-state index in [2.05, 4.69) is 30.2 Å². The van der Waals surface area contributed by atoms with Crippen LogP contribution in [-0.2, 0) is 9.47 Å². The van der Waals surface area contributed by atoms with Crippen molar-refractivity contribution in [2.45, 2.75) is 64.6 Å². The van der Waals surface area contributed by atoms with Crippen LogP contribution in [0.2, 0.25) is 0 Å². The smallest absolute Gasteiger partial charge is 0.178 e. The fourth-order valence-electron chi connectivity index (χ4n) is 4.70. The number of hydrogen-bond acceptors (Lipinski definition) is 4. The molecular formula is C20H32N2O3. The van der Waals surface area contributed by atoms with Gasteiger partial charge in [-0.3, -0.25) is 9.69 Å². The van der Waals surface area contributed by atoms with Crippen molar-refractivity contribution in [1.29, 1.82) is 0 Å². The maximum Gasteiger partial charge on any atom is 0.178 e. The molecule has 3 rings (SSSR count). The monoisotopic (exact) mass is 348 g/mol. The zero-order chi connectivity index (χ0) is 18.0. The van der Waals surface area contributed by atoms with Crippen LogP contribution in [0.5, 0.6) is 0 Å². The molecule has 5 nitrogen and oxygen atoms in total. The first-order valence-electron chi connectivity index (χ1n) is 9.59. The lowest BCUT2D eigenvalue weighted by molar-refractivity contribution is -0.0846. The van der Waals surface area contributed by atoms with E-state index in [4.69, 9.17) is 9.47 Å². The summed E-state index contributed by atoms with van der Waals surface area (Å²) in [6.45, 7) is 9.03. The molecule has 0 radical (unpaired) electrons. The number of morpholine rings is 1. The van der Waals surface area contributed by atoms with Crippen molar-refractivity contribution in [3.8, 4) is 0 Å². The number of Topliss-reactive ketones (excluding diaryl/α,β-unsaturated/α-hetero) is 1. The first-order valence-corrected chi connectivity index (χ1v) is 9.59. The van der Waals surface area contributed by atoms with Crippen LogP contribution in [0.1, 0.15) is 60.4 Å². The molecule has 25 heavy (non-hydrogen) atoms. The Morgan fingerprint density at radius 2 is 2.12 bits per heavy atom. The van der Waals surface area contributed by atoms with Crippen molar-refractivity contribution in [1.82, 2.24) is 9.47 Å². The van der Waals surface area contributed by atoms with Gasteiger partial charge < -0.3 is 14.0 Å². The second-order valence-corrected chi connectivity index (χ2v) is 7.61. The minimum atomic E-state index is 0.232. The number of ketones is 1. The Labute approximate surface area is 151 Å². The van der Waals surface area contributed by atoms with Crippen LogP contribution in [0.4, 0.5) is 0 Å². The van der Waals surface area contributed by atoms with E-state index in [-0.39, 0.29) is 11.8 Å². The van der Waals surface area contributed by atoms with Gasteiger partial charge in [0.25, 0.3) is 0 Å². The van der Waals surface area contributed by atoms with Crippen LogP contribution in [0, 0.1) is 13.8 Å². The van der Waals surface area contributed by atoms with Crippen LogP contribution in [0.15, 0.2) is 6.07 Å². The van der Waals surface area contributed by atoms with Gasteiger partial charge in [0.05, 0.1) is 31.9 Å². The van der Waals surface area contributed by atoms with E-state index in [1.54, 1.807) is 7.11 Å². The van der Waals surface area contributed by atoms with Gasteiger partial charge >= 0.3 is 0 Å². The Morgan fingerprint density at radius 3 is 2.88 bits per heavy atom. The molecule has 0 spiro atoms. The Bertz CT molecular complexity index is 608. The summed E-state index contributed by atoms with van der Waals surface area (Å²) in [5, 5.41) is 0. The number of aryl methyl sites for hydroxylation is 1. The lowest BCUT2D eigenvalue weighted by Crippen LogP contribution is -2.54. The van der Waals surface area contributed by atoms with Crippen LogP contribution in [-0.4, -0.2) is 60.8 Å². The fourth-order valence-corrected chi connectivity index (χ4v) is 4.70. The molecular weight excluding hydrogens is 316 g/mol. The largest absolute Gasteiger partial charge is 0.383 e. The Hall–Kier alpha value is -1.17. The van der Waals surface area contributed by atoms with Gasteiger partial charge in [0, 0.05) is 36.6 Å². The van der Waals surface area contributed by atoms with Crippen molar-refractivity contribution < 1.29 is 14.3 Å². The maximum atomic E-state index is 13.0. The van der Waals surface area contributed by atoms with Crippen molar-refractivity contribution >= 4 is 5.78 Å². The first-order chi connectivity index (χ1) is 12.0. The summed E-state index contributed by atoms with van der Waals surface area (Å²) in [5.41, 5.74) is 3.04.